The van der Waals surface area contributed by atoms with Crippen molar-refractivity contribution in [2.75, 3.05) is 5.32 Å². The topological polar surface area (TPSA) is 105 Å². The van der Waals surface area contributed by atoms with Crippen molar-refractivity contribution in [2.45, 2.75) is 0 Å². The maximum absolute atomic E-state index is 12.4. The zero-order chi connectivity index (χ0) is 18.1. The number of nitro benzene ring substituents is 1. The molecule has 0 aliphatic carbocycles. The van der Waals surface area contributed by atoms with Gasteiger partial charge in [-0.05, 0) is 30.3 Å². The van der Waals surface area contributed by atoms with Crippen LogP contribution in [0.3, 0.4) is 0 Å². The van der Waals surface area contributed by atoms with E-state index in [0.29, 0.717) is 15.9 Å². The van der Waals surface area contributed by atoms with Crippen LogP contribution in [0.4, 0.5) is 11.4 Å². The highest BCUT2D eigenvalue weighted by Crippen LogP contribution is 2.27. The number of aromatic nitrogens is 1. The first-order chi connectivity index (χ1) is 11.9. The molecule has 0 spiro atoms. The minimum atomic E-state index is -0.699. The van der Waals surface area contributed by atoms with Crippen LogP contribution in [0.2, 0.25) is 10.0 Å². The highest BCUT2D eigenvalue weighted by atomic mass is 35.5. The van der Waals surface area contributed by atoms with Gasteiger partial charge in [0.15, 0.2) is 0 Å². The number of nitrogens with zero attached hydrogens (tertiary/aromatic N) is 1. The van der Waals surface area contributed by atoms with E-state index >= 15 is 0 Å². The molecule has 0 radical (unpaired) electrons. The first kappa shape index (κ1) is 16.9. The van der Waals surface area contributed by atoms with Crippen molar-refractivity contribution >= 4 is 51.4 Å². The van der Waals surface area contributed by atoms with Crippen molar-refractivity contribution < 1.29 is 9.72 Å². The number of carbonyl (C=O) groups excluding carboxylic acids is 1. The summed E-state index contributed by atoms with van der Waals surface area (Å²) in [6.07, 6.45) is 1.26. The second kappa shape index (κ2) is 6.54. The Morgan fingerprint density at radius 1 is 1.16 bits per heavy atom. The molecule has 9 heteroatoms. The Hall–Kier alpha value is -2.90. The number of fused-ring (bicyclic) bond motifs is 1. The number of benzene rings is 2. The van der Waals surface area contributed by atoms with Crippen molar-refractivity contribution in [3.8, 4) is 0 Å². The lowest BCUT2D eigenvalue weighted by Gasteiger charge is -2.06. The third kappa shape index (κ3) is 3.33. The summed E-state index contributed by atoms with van der Waals surface area (Å²) < 4.78 is 0. The number of rotatable bonds is 3. The van der Waals surface area contributed by atoms with Crippen LogP contribution < -0.4 is 10.7 Å². The fourth-order valence-electron chi connectivity index (χ4n) is 2.29. The number of hydrogen-bond donors (Lipinski definition) is 2. The molecule has 0 aliphatic heterocycles. The molecule has 7 nitrogen and oxygen atoms in total. The van der Waals surface area contributed by atoms with Crippen molar-refractivity contribution in [1.82, 2.24) is 4.98 Å². The maximum atomic E-state index is 12.4. The molecule has 0 saturated heterocycles. The Labute approximate surface area is 150 Å². The first-order valence-electron chi connectivity index (χ1n) is 6.93. The number of nitro groups is 1. The largest absolute Gasteiger partial charge is 0.360 e. The van der Waals surface area contributed by atoms with Gasteiger partial charge in [-0.2, -0.15) is 0 Å². The summed E-state index contributed by atoms with van der Waals surface area (Å²) in [5, 5.41) is 14.1. The van der Waals surface area contributed by atoms with Gasteiger partial charge in [-0.25, -0.2) is 0 Å². The zero-order valence-corrected chi connectivity index (χ0v) is 13.9. The van der Waals surface area contributed by atoms with Gasteiger partial charge in [-0.3, -0.25) is 19.7 Å². The number of hydrogen-bond acceptors (Lipinski definition) is 4. The number of amides is 1. The van der Waals surface area contributed by atoms with Crippen LogP contribution in [0.1, 0.15) is 10.4 Å². The lowest BCUT2D eigenvalue weighted by molar-refractivity contribution is -0.384. The predicted octanol–water partition coefficient (Wildman–Crippen LogP) is 4.00. The van der Waals surface area contributed by atoms with Gasteiger partial charge < -0.3 is 10.3 Å². The van der Waals surface area contributed by atoms with Crippen molar-refractivity contribution in [3.63, 3.8) is 0 Å². The fourth-order valence-corrected chi connectivity index (χ4v) is 2.65. The molecule has 1 amide bonds. The van der Waals surface area contributed by atoms with Crippen LogP contribution in [0.5, 0.6) is 0 Å². The number of carbonyl (C=O) groups is 1. The van der Waals surface area contributed by atoms with Crippen molar-refractivity contribution in [3.05, 3.63) is 78.5 Å². The number of halogens is 2. The summed E-state index contributed by atoms with van der Waals surface area (Å²) in [6.45, 7) is 0. The van der Waals surface area contributed by atoms with Crippen LogP contribution in [-0.2, 0) is 0 Å². The first-order valence-corrected chi connectivity index (χ1v) is 7.68. The molecular weight excluding hydrogens is 369 g/mol. The molecule has 0 bridgehead atoms. The lowest BCUT2D eigenvalue weighted by atomic mass is 10.1. The van der Waals surface area contributed by atoms with Gasteiger partial charge in [0.05, 0.1) is 10.4 Å². The predicted molar refractivity (Wildman–Crippen MR) is 95.6 cm³/mol. The van der Waals surface area contributed by atoms with Crippen LogP contribution in [0.25, 0.3) is 10.9 Å². The van der Waals surface area contributed by atoms with Crippen LogP contribution in [-0.4, -0.2) is 15.8 Å². The quantitative estimate of drug-likeness (QED) is 0.531. The summed E-state index contributed by atoms with van der Waals surface area (Å²) in [5.74, 6) is -0.699. The molecule has 2 aromatic carbocycles. The van der Waals surface area contributed by atoms with Gasteiger partial charge in [0, 0.05) is 28.4 Å². The number of aromatic amines is 1. The molecule has 0 saturated carbocycles. The number of nitrogens with one attached hydrogen (secondary N) is 2. The zero-order valence-electron chi connectivity index (χ0n) is 12.4. The Kier molecular flexibility index (Phi) is 4.43. The number of H-pyrrole nitrogens is 1. The van der Waals surface area contributed by atoms with E-state index < -0.39 is 16.3 Å². The highest BCUT2D eigenvalue weighted by molar-refractivity contribution is 6.32. The van der Waals surface area contributed by atoms with E-state index in [9.17, 15) is 19.7 Å². The molecule has 0 unspecified atom stereocenters. The molecule has 126 valence electrons. The molecule has 2 N–H and O–H groups in total. The number of anilines is 1. The van der Waals surface area contributed by atoms with E-state index in [0.717, 1.165) is 6.07 Å². The molecule has 1 heterocycles. The van der Waals surface area contributed by atoms with Gasteiger partial charge >= 0.3 is 0 Å². The number of pyridine rings is 1. The minimum Gasteiger partial charge on any atom is -0.360 e. The summed E-state index contributed by atoms with van der Waals surface area (Å²) in [5.41, 5.74) is -0.312. The molecule has 3 aromatic rings. The Bertz CT molecular complexity index is 1080. The van der Waals surface area contributed by atoms with Crippen LogP contribution >= 0.6 is 23.2 Å². The summed E-state index contributed by atoms with van der Waals surface area (Å²) >= 11 is 11.6. The normalized spacial score (nSPS) is 10.6. The highest BCUT2D eigenvalue weighted by Gasteiger charge is 2.17. The van der Waals surface area contributed by atoms with E-state index in [1.807, 2.05) is 0 Å². The van der Waals surface area contributed by atoms with Gasteiger partial charge in [-0.1, -0.05) is 23.2 Å². The van der Waals surface area contributed by atoms with E-state index in [1.54, 1.807) is 12.1 Å². The smallest absolute Gasteiger partial charge is 0.289 e. The van der Waals surface area contributed by atoms with E-state index in [4.69, 9.17) is 23.2 Å². The summed E-state index contributed by atoms with van der Waals surface area (Å²) in [7, 11) is 0. The average molecular weight is 378 g/mol. The van der Waals surface area contributed by atoms with E-state index in [-0.39, 0.29) is 22.0 Å². The molecule has 1 aromatic heterocycles. The fraction of sp³-hybridized carbons (Fsp3) is 0. The van der Waals surface area contributed by atoms with Gasteiger partial charge in [0.25, 0.3) is 11.6 Å². The molecule has 0 aliphatic rings. The third-order valence-corrected chi connectivity index (χ3v) is 4.04. The molecule has 0 fully saturated rings. The SMILES string of the molecule is O=C(Nc1ccc(Cl)c([N+](=O)[O-])c1)c1c[nH]c2cc(Cl)ccc2c1=O. The Morgan fingerprint density at radius 2 is 1.92 bits per heavy atom. The van der Waals surface area contributed by atoms with E-state index in [2.05, 4.69) is 10.3 Å². The summed E-state index contributed by atoms with van der Waals surface area (Å²) in [6, 6.07) is 8.45. The summed E-state index contributed by atoms with van der Waals surface area (Å²) in [4.78, 5) is 37.9. The average Bonchev–Trinajstić information content (AvgIpc) is 2.56. The van der Waals surface area contributed by atoms with Crippen molar-refractivity contribution in [1.29, 1.82) is 0 Å². The second-order valence-electron chi connectivity index (χ2n) is 5.10. The molecular formula is C16H9Cl2N3O4. The van der Waals surface area contributed by atoms with Gasteiger partial charge in [0.1, 0.15) is 10.6 Å². The molecule has 3 rings (SSSR count). The Morgan fingerprint density at radius 3 is 2.64 bits per heavy atom. The maximum Gasteiger partial charge on any atom is 0.289 e. The standard InChI is InChI=1S/C16H9Cl2N3O4/c17-8-1-3-10-13(5-8)19-7-11(15(10)22)16(23)20-9-2-4-12(18)14(6-9)21(24)25/h1-7H,(H,19,22)(H,20,23). The lowest BCUT2D eigenvalue weighted by Crippen LogP contribution is -2.22. The molecule has 25 heavy (non-hydrogen) atoms. The van der Waals surface area contributed by atoms with Gasteiger partial charge in [-0.15, -0.1) is 0 Å². The molecule has 0 atom stereocenters. The monoisotopic (exact) mass is 377 g/mol. The van der Waals surface area contributed by atoms with Crippen LogP contribution in [0.15, 0.2) is 47.4 Å². The third-order valence-electron chi connectivity index (χ3n) is 3.49. The van der Waals surface area contributed by atoms with Crippen molar-refractivity contribution in [2.24, 2.45) is 0 Å². The second-order valence-corrected chi connectivity index (χ2v) is 5.94. The van der Waals surface area contributed by atoms with Crippen LogP contribution in [0, 0.1) is 10.1 Å². The van der Waals surface area contributed by atoms with E-state index in [1.165, 1.54) is 24.4 Å². The van der Waals surface area contributed by atoms with Gasteiger partial charge in [0.2, 0.25) is 5.43 Å². The Balaban J connectivity index is 1.97. The minimum absolute atomic E-state index is 0.0524.